The first kappa shape index (κ1) is 20.7. The summed E-state index contributed by atoms with van der Waals surface area (Å²) < 4.78 is 46.8. The van der Waals surface area contributed by atoms with Gasteiger partial charge in [-0.15, -0.1) is 0 Å². The number of halogens is 3. The molecule has 3 saturated heterocycles. The summed E-state index contributed by atoms with van der Waals surface area (Å²) in [5.41, 5.74) is -2.65. The first-order valence-corrected chi connectivity index (χ1v) is 10.3. The molecule has 5 nitrogen and oxygen atoms in total. The highest BCUT2D eigenvalue weighted by Gasteiger charge is 2.73. The number of carbonyl (C=O) groups excluding carboxylic acids is 2. The van der Waals surface area contributed by atoms with Gasteiger partial charge in [-0.05, 0) is 43.5 Å². The van der Waals surface area contributed by atoms with Gasteiger partial charge in [-0.1, -0.05) is 30.3 Å². The molecule has 164 valence electrons. The summed E-state index contributed by atoms with van der Waals surface area (Å²) >= 11 is 0. The van der Waals surface area contributed by atoms with Gasteiger partial charge in [-0.3, -0.25) is 9.59 Å². The SMILES string of the molecule is CC12CCC(Cc3ccccc3)(O1)[C@@H]1C(=O)N(c3ccc(C#N)c(C(F)(F)F)c3)C(=O)[C@@H]12. The molecule has 0 N–H and O–H groups in total. The van der Waals surface area contributed by atoms with Gasteiger partial charge in [-0.2, -0.15) is 18.4 Å². The van der Waals surface area contributed by atoms with Crippen LogP contribution in [0.1, 0.15) is 36.5 Å². The van der Waals surface area contributed by atoms with Crippen LogP contribution in [0.5, 0.6) is 0 Å². The predicted octanol–water partition coefficient (Wildman–Crippen LogP) is 4.25. The Kier molecular flexibility index (Phi) is 4.31. The van der Waals surface area contributed by atoms with E-state index < -0.39 is 52.2 Å². The lowest BCUT2D eigenvalue weighted by molar-refractivity contribution is -0.138. The standard InChI is InChI=1S/C24H19F3N2O3/c1-22-9-10-23(32-22,12-14-5-3-2-4-6-14)19-18(22)20(30)29(21(19)31)16-8-7-15(13-28)17(11-16)24(25,26)27/h2-8,11,18-19H,9-10,12H2,1H3/t18-,19+,22?,23?/m1/s1. The second kappa shape index (κ2) is 6.66. The number of alkyl halides is 3. The van der Waals surface area contributed by atoms with E-state index in [0.717, 1.165) is 16.5 Å². The molecule has 5 rings (SSSR count). The highest BCUT2D eigenvalue weighted by atomic mass is 19.4. The third-order valence-corrected chi connectivity index (χ3v) is 7.05. The Hall–Kier alpha value is -3.18. The Bertz CT molecular complexity index is 1170. The Morgan fingerprint density at radius 3 is 2.44 bits per heavy atom. The molecule has 0 spiro atoms. The zero-order valence-corrected chi connectivity index (χ0v) is 17.1. The van der Waals surface area contributed by atoms with Crippen LogP contribution in [0, 0.1) is 23.2 Å². The predicted molar refractivity (Wildman–Crippen MR) is 107 cm³/mol. The molecule has 0 saturated carbocycles. The van der Waals surface area contributed by atoms with Crippen molar-refractivity contribution < 1.29 is 27.5 Å². The summed E-state index contributed by atoms with van der Waals surface area (Å²) in [7, 11) is 0. The van der Waals surface area contributed by atoms with Crippen molar-refractivity contribution in [2.24, 2.45) is 11.8 Å². The third-order valence-electron chi connectivity index (χ3n) is 7.05. The topological polar surface area (TPSA) is 70.4 Å². The minimum Gasteiger partial charge on any atom is -0.367 e. The van der Waals surface area contributed by atoms with Crippen LogP contribution >= 0.6 is 0 Å². The van der Waals surface area contributed by atoms with Crippen LogP contribution in [0.2, 0.25) is 0 Å². The molecule has 2 amide bonds. The number of rotatable bonds is 3. The van der Waals surface area contributed by atoms with Crippen molar-refractivity contribution in [3.05, 3.63) is 65.2 Å². The van der Waals surface area contributed by atoms with Crippen molar-refractivity contribution in [1.29, 1.82) is 5.26 Å². The zero-order chi connectivity index (χ0) is 22.9. The van der Waals surface area contributed by atoms with Crippen LogP contribution < -0.4 is 4.90 Å². The molecule has 2 bridgehead atoms. The number of imide groups is 1. The highest BCUT2D eigenvalue weighted by molar-refractivity contribution is 6.23. The molecule has 2 unspecified atom stereocenters. The molecule has 0 aromatic heterocycles. The van der Waals surface area contributed by atoms with E-state index in [-0.39, 0.29) is 5.69 Å². The summed E-state index contributed by atoms with van der Waals surface area (Å²) in [6, 6.07) is 14.0. The van der Waals surface area contributed by atoms with Crippen molar-refractivity contribution in [3.8, 4) is 6.07 Å². The highest BCUT2D eigenvalue weighted by Crippen LogP contribution is 2.62. The Labute approximate surface area is 182 Å². The molecule has 0 radical (unpaired) electrons. The summed E-state index contributed by atoms with van der Waals surface area (Å²) in [5, 5.41) is 9.04. The normalized spacial score (nSPS) is 31.2. The monoisotopic (exact) mass is 440 g/mol. The number of nitrogens with zero attached hydrogens (tertiary/aromatic N) is 2. The number of hydrogen-bond acceptors (Lipinski definition) is 4. The van der Waals surface area contributed by atoms with E-state index >= 15 is 0 Å². The second-order valence-electron chi connectivity index (χ2n) is 8.95. The van der Waals surface area contributed by atoms with Crippen LogP contribution in [0.25, 0.3) is 0 Å². The number of carbonyl (C=O) groups is 2. The quantitative estimate of drug-likeness (QED) is 0.670. The van der Waals surface area contributed by atoms with Crippen LogP contribution in [0.3, 0.4) is 0 Å². The number of benzene rings is 2. The molecule has 0 aliphatic carbocycles. The van der Waals surface area contributed by atoms with E-state index in [9.17, 15) is 22.8 Å². The minimum atomic E-state index is -4.79. The van der Waals surface area contributed by atoms with E-state index in [2.05, 4.69) is 0 Å². The van der Waals surface area contributed by atoms with Crippen molar-refractivity contribution in [1.82, 2.24) is 0 Å². The Morgan fingerprint density at radius 2 is 1.78 bits per heavy atom. The summed E-state index contributed by atoms with van der Waals surface area (Å²) in [6.45, 7) is 1.80. The lowest BCUT2D eigenvalue weighted by atomic mass is 9.66. The fraction of sp³-hybridized carbons (Fsp3) is 0.375. The summed E-state index contributed by atoms with van der Waals surface area (Å²) in [5.74, 6) is -2.61. The molecule has 3 heterocycles. The third kappa shape index (κ3) is 2.81. The van der Waals surface area contributed by atoms with Crippen molar-refractivity contribution in [2.45, 2.75) is 43.6 Å². The molecule has 32 heavy (non-hydrogen) atoms. The fourth-order valence-electron chi connectivity index (χ4n) is 5.71. The molecular formula is C24H19F3N2O3. The average Bonchev–Trinajstić information content (AvgIpc) is 3.32. The maximum absolute atomic E-state index is 13.5. The van der Waals surface area contributed by atoms with Gasteiger partial charge in [0.1, 0.15) is 0 Å². The molecule has 2 aromatic rings. The van der Waals surface area contributed by atoms with Crippen LogP contribution in [0.4, 0.5) is 18.9 Å². The second-order valence-corrected chi connectivity index (χ2v) is 8.95. The Balaban J connectivity index is 1.56. The van der Waals surface area contributed by atoms with E-state index in [1.165, 1.54) is 12.1 Å². The maximum atomic E-state index is 13.5. The molecule has 3 aliphatic heterocycles. The van der Waals surface area contributed by atoms with E-state index in [4.69, 9.17) is 10.00 Å². The lowest BCUT2D eigenvalue weighted by Gasteiger charge is -2.31. The van der Waals surface area contributed by atoms with Gasteiger partial charge in [0, 0.05) is 6.42 Å². The van der Waals surface area contributed by atoms with Crippen molar-refractivity contribution in [2.75, 3.05) is 4.90 Å². The number of anilines is 1. The number of fused-ring (bicyclic) bond motifs is 5. The van der Waals surface area contributed by atoms with Gasteiger partial charge in [0.25, 0.3) is 0 Å². The van der Waals surface area contributed by atoms with Crippen molar-refractivity contribution >= 4 is 17.5 Å². The van der Waals surface area contributed by atoms with Crippen LogP contribution in [-0.4, -0.2) is 23.0 Å². The number of hydrogen-bond donors (Lipinski definition) is 0. The molecule has 8 heteroatoms. The van der Waals surface area contributed by atoms with Gasteiger partial charge < -0.3 is 4.74 Å². The number of nitriles is 1. The van der Waals surface area contributed by atoms with Crippen LogP contribution in [0.15, 0.2) is 48.5 Å². The van der Waals surface area contributed by atoms with Gasteiger partial charge >= 0.3 is 6.18 Å². The lowest BCUT2D eigenvalue weighted by Crippen LogP contribution is -2.43. The summed E-state index contributed by atoms with van der Waals surface area (Å²) in [6.07, 6.45) is -3.16. The Morgan fingerprint density at radius 1 is 1.09 bits per heavy atom. The van der Waals surface area contributed by atoms with Crippen LogP contribution in [-0.2, 0) is 26.9 Å². The number of ether oxygens (including phenoxy) is 1. The molecule has 4 atom stereocenters. The maximum Gasteiger partial charge on any atom is 0.417 e. The molecular weight excluding hydrogens is 421 g/mol. The average molecular weight is 440 g/mol. The largest absolute Gasteiger partial charge is 0.417 e. The first-order valence-electron chi connectivity index (χ1n) is 10.3. The first-order chi connectivity index (χ1) is 15.1. The minimum absolute atomic E-state index is 0.168. The number of amides is 2. The van der Waals surface area contributed by atoms with E-state index in [1.807, 2.05) is 30.3 Å². The van der Waals surface area contributed by atoms with Gasteiger partial charge in [-0.25, -0.2) is 4.90 Å². The van der Waals surface area contributed by atoms with Crippen molar-refractivity contribution in [3.63, 3.8) is 0 Å². The zero-order valence-electron chi connectivity index (χ0n) is 17.1. The smallest absolute Gasteiger partial charge is 0.367 e. The van der Waals surface area contributed by atoms with E-state index in [1.54, 1.807) is 6.92 Å². The molecule has 2 aromatic carbocycles. The van der Waals surface area contributed by atoms with Gasteiger partial charge in [0.05, 0.1) is 45.9 Å². The fourth-order valence-corrected chi connectivity index (χ4v) is 5.71. The van der Waals surface area contributed by atoms with E-state index in [0.29, 0.717) is 25.3 Å². The molecule has 3 aliphatic rings. The van der Waals surface area contributed by atoms with Gasteiger partial charge in [0.2, 0.25) is 11.8 Å². The summed E-state index contributed by atoms with van der Waals surface area (Å²) in [4.78, 5) is 27.8. The van der Waals surface area contributed by atoms with Gasteiger partial charge in [0.15, 0.2) is 0 Å². The molecule has 3 fully saturated rings.